The number of nitrogens with zero attached hydrogens (tertiary/aromatic N) is 5. The number of carbonyl (C=O) groups excluding carboxylic acids is 1. The molecule has 0 unspecified atom stereocenters. The first kappa shape index (κ1) is 18.7. The maximum absolute atomic E-state index is 12.2. The van der Waals surface area contributed by atoms with Crippen molar-refractivity contribution in [2.24, 2.45) is 0 Å². The van der Waals surface area contributed by atoms with E-state index in [9.17, 15) is 4.79 Å². The van der Waals surface area contributed by atoms with Gasteiger partial charge in [0.25, 0.3) is 0 Å². The molecule has 1 aromatic carbocycles. The Balaban J connectivity index is 1.46. The number of likely N-dealkylation sites (tertiary alicyclic amines) is 1. The molecule has 3 aromatic rings. The summed E-state index contributed by atoms with van der Waals surface area (Å²) < 4.78 is 12.9. The number of rotatable bonds is 2. The van der Waals surface area contributed by atoms with Gasteiger partial charge < -0.3 is 14.1 Å². The van der Waals surface area contributed by atoms with Gasteiger partial charge in [-0.2, -0.15) is 9.78 Å². The molecule has 148 valence electrons. The summed E-state index contributed by atoms with van der Waals surface area (Å²) in [7, 11) is 0. The molecule has 0 spiro atoms. The molecule has 1 aliphatic rings. The van der Waals surface area contributed by atoms with Crippen molar-refractivity contribution in [3.63, 3.8) is 0 Å². The minimum Gasteiger partial charge on any atom is -0.444 e. The maximum atomic E-state index is 12.2. The van der Waals surface area contributed by atoms with Crippen molar-refractivity contribution < 1.29 is 13.9 Å². The molecule has 1 saturated heterocycles. The Kier molecular flexibility index (Phi) is 4.74. The number of ether oxygens (including phenoxy) is 1. The standard InChI is InChI=1S/C19H22ClN5O3/c1-19(2,3)28-18(26)24-10-8-12(9-11-24)16-21-22-17(27-16)25-14-7-5-4-6-13(14)15(20)23-25/h4-7,12H,8-11H2,1-3H3. The monoisotopic (exact) mass is 403 g/mol. The summed E-state index contributed by atoms with van der Waals surface area (Å²) in [6.07, 6.45) is 1.19. The molecular weight excluding hydrogens is 382 g/mol. The highest BCUT2D eigenvalue weighted by atomic mass is 35.5. The lowest BCUT2D eigenvalue weighted by molar-refractivity contribution is 0.0199. The number of fused-ring (bicyclic) bond motifs is 1. The Bertz CT molecular complexity index is 999. The summed E-state index contributed by atoms with van der Waals surface area (Å²) in [6, 6.07) is 7.88. The van der Waals surface area contributed by atoms with Gasteiger partial charge in [0, 0.05) is 24.4 Å². The zero-order valence-electron chi connectivity index (χ0n) is 16.1. The van der Waals surface area contributed by atoms with Gasteiger partial charge >= 0.3 is 12.1 Å². The van der Waals surface area contributed by atoms with Crippen molar-refractivity contribution in [2.45, 2.75) is 45.1 Å². The van der Waals surface area contributed by atoms with Crippen molar-refractivity contribution in [1.82, 2.24) is 24.9 Å². The Hall–Kier alpha value is -2.61. The quantitative estimate of drug-likeness (QED) is 0.638. The molecule has 8 nitrogen and oxygen atoms in total. The Morgan fingerprint density at radius 3 is 2.64 bits per heavy atom. The minimum absolute atomic E-state index is 0.0947. The van der Waals surface area contributed by atoms with E-state index in [2.05, 4.69) is 15.3 Å². The van der Waals surface area contributed by atoms with Crippen LogP contribution in [0.1, 0.15) is 45.4 Å². The molecule has 1 amide bonds. The highest BCUT2D eigenvalue weighted by Crippen LogP contribution is 2.30. The fourth-order valence-electron chi connectivity index (χ4n) is 3.29. The van der Waals surface area contributed by atoms with Gasteiger partial charge in [-0.05, 0) is 45.7 Å². The maximum Gasteiger partial charge on any atom is 0.410 e. The van der Waals surface area contributed by atoms with Gasteiger partial charge in [-0.3, -0.25) is 0 Å². The number of aromatic nitrogens is 4. The smallest absolute Gasteiger partial charge is 0.410 e. The number of halogens is 1. The van der Waals surface area contributed by atoms with Gasteiger partial charge in [0.1, 0.15) is 5.60 Å². The van der Waals surface area contributed by atoms with Gasteiger partial charge in [0.2, 0.25) is 5.89 Å². The molecule has 28 heavy (non-hydrogen) atoms. The average molecular weight is 404 g/mol. The molecule has 1 fully saturated rings. The van der Waals surface area contributed by atoms with E-state index in [-0.39, 0.29) is 18.0 Å². The number of hydrogen-bond donors (Lipinski definition) is 0. The van der Waals surface area contributed by atoms with Crippen LogP contribution in [0.3, 0.4) is 0 Å². The minimum atomic E-state index is -0.497. The second kappa shape index (κ2) is 7.09. The van der Waals surface area contributed by atoms with Crippen LogP contribution in [0.4, 0.5) is 4.79 Å². The normalized spacial score (nSPS) is 15.9. The summed E-state index contributed by atoms with van der Waals surface area (Å²) in [5.74, 6) is 0.645. The average Bonchev–Trinajstić information content (AvgIpc) is 3.26. The van der Waals surface area contributed by atoms with Gasteiger partial charge in [-0.25, -0.2) is 4.79 Å². The number of benzene rings is 1. The van der Waals surface area contributed by atoms with Gasteiger partial charge in [0.15, 0.2) is 5.15 Å². The van der Waals surface area contributed by atoms with Gasteiger partial charge in [0.05, 0.1) is 5.52 Å². The van der Waals surface area contributed by atoms with Crippen LogP contribution in [0, 0.1) is 0 Å². The highest BCUT2D eigenvalue weighted by molar-refractivity contribution is 6.34. The number of carbonyl (C=O) groups is 1. The van der Waals surface area contributed by atoms with Crippen LogP contribution in [-0.4, -0.2) is 49.7 Å². The van der Waals surface area contributed by atoms with Crippen LogP contribution in [0.25, 0.3) is 16.9 Å². The van der Waals surface area contributed by atoms with Crippen LogP contribution in [0.5, 0.6) is 0 Å². The molecule has 1 aliphatic heterocycles. The first-order valence-corrected chi connectivity index (χ1v) is 9.64. The van der Waals surface area contributed by atoms with E-state index in [1.165, 1.54) is 0 Å². The third-order valence-corrected chi connectivity index (χ3v) is 4.93. The predicted molar refractivity (Wildman–Crippen MR) is 104 cm³/mol. The molecule has 0 radical (unpaired) electrons. The van der Waals surface area contributed by atoms with Crippen LogP contribution >= 0.6 is 11.6 Å². The van der Waals surface area contributed by atoms with E-state index in [0.29, 0.717) is 24.1 Å². The van der Waals surface area contributed by atoms with Crippen molar-refractivity contribution in [3.8, 4) is 6.01 Å². The number of hydrogen-bond acceptors (Lipinski definition) is 6. The van der Waals surface area contributed by atoms with E-state index in [1.54, 1.807) is 9.58 Å². The van der Waals surface area contributed by atoms with Crippen LogP contribution in [-0.2, 0) is 4.74 Å². The number of para-hydroxylation sites is 1. The van der Waals surface area contributed by atoms with Crippen molar-refractivity contribution in [2.75, 3.05) is 13.1 Å². The molecule has 0 N–H and O–H groups in total. The van der Waals surface area contributed by atoms with E-state index >= 15 is 0 Å². The van der Waals surface area contributed by atoms with Crippen molar-refractivity contribution >= 4 is 28.6 Å². The second-order valence-electron chi connectivity index (χ2n) is 7.88. The van der Waals surface area contributed by atoms with E-state index in [4.69, 9.17) is 20.8 Å². The summed E-state index contributed by atoms with van der Waals surface area (Å²) in [5, 5.41) is 13.9. The molecule has 3 heterocycles. The molecule has 0 saturated carbocycles. The summed E-state index contributed by atoms with van der Waals surface area (Å²) >= 11 is 6.20. The Labute approximate surface area is 167 Å². The molecular formula is C19H22ClN5O3. The molecule has 9 heteroatoms. The van der Waals surface area contributed by atoms with Gasteiger partial charge in [-0.1, -0.05) is 28.8 Å². The van der Waals surface area contributed by atoms with Crippen LogP contribution < -0.4 is 0 Å². The van der Waals surface area contributed by atoms with Crippen LogP contribution in [0.15, 0.2) is 28.7 Å². The third-order valence-electron chi connectivity index (χ3n) is 4.65. The topological polar surface area (TPSA) is 86.3 Å². The molecule has 0 aliphatic carbocycles. The first-order valence-electron chi connectivity index (χ1n) is 9.27. The summed E-state index contributed by atoms with van der Waals surface area (Å²) in [5.41, 5.74) is 0.311. The van der Waals surface area contributed by atoms with Gasteiger partial charge in [-0.15, -0.1) is 5.10 Å². The summed E-state index contributed by atoms with van der Waals surface area (Å²) in [4.78, 5) is 13.9. The van der Waals surface area contributed by atoms with Crippen molar-refractivity contribution in [1.29, 1.82) is 0 Å². The Morgan fingerprint density at radius 2 is 1.93 bits per heavy atom. The largest absolute Gasteiger partial charge is 0.444 e. The fraction of sp³-hybridized carbons (Fsp3) is 0.474. The zero-order valence-corrected chi connectivity index (χ0v) is 16.8. The SMILES string of the molecule is CC(C)(C)OC(=O)N1CCC(c2nnc(-n3nc(Cl)c4ccccc43)o2)CC1. The van der Waals surface area contributed by atoms with E-state index in [0.717, 1.165) is 23.7 Å². The Morgan fingerprint density at radius 1 is 1.21 bits per heavy atom. The van der Waals surface area contributed by atoms with Crippen LogP contribution in [0.2, 0.25) is 5.15 Å². The lowest BCUT2D eigenvalue weighted by atomic mass is 9.97. The first-order chi connectivity index (χ1) is 13.3. The molecule has 0 atom stereocenters. The van der Waals surface area contributed by atoms with E-state index in [1.807, 2.05) is 45.0 Å². The number of piperidine rings is 1. The van der Waals surface area contributed by atoms with E-state index < -0.39 is 5.60 Å². The fourth-order valence-corrected chi connectivity index (χ4v) is 3.52. The second-order valence-corrected chi connectivity index (χ2v) is 8.24. The van der Waals surface area contributed by atoms with Crippen molar-refractivity contribution in [3.05, 3.63) is 35.3 Å². The predicted octanol–water partition coefficient (Wildman–Crippen LogP) is 4.18. The third kappa shape index (κ3) is 3.69. The zero-order chi connectivity index (χ0) is 19.9. The molecule has 4 rings (SSSR count). The lowest BCUT2D eigenvalue weighted by Gasteiger charge is -2.32. The molecule has 0 bridgehead atoms. The number of amides is 1. The lowest BCUT2D eigenvalue weighted by Crippen LogP contribution is -2.41. The molecule has 2 aromatic heterocycles. The highest BCUT2D eigenvalue weighted by Gasteiger charge is 2.30. The summed E-state index contributed by atoms with van der Waals surface area (Å²) in [6.45, 7) is 6.77.